The van der Waals surface area contributed by atoms with Crippen molar-refractivity contribution in [1.29, 1.82) is 0 Å². The number of furan rings is 1. The number of hydrogen-bond acceptors (Lipinski definition) is 4. The number of carbonyl (C=O) groups excluding carboxylic acids is 1. The van der Waals surface area contributed by atoms with Gasteiger partial charge in [0.2, 0.25) is 0 Å². The van der Waals surface area contributed by atoms with Crippen molar-refractivity contribution in [3.05, 3.63) is 76.9 Å². The first kappa shape index (κ1) is 14.7. The van der Waals surface area contributed by atoms with E-state index in [0.29, 0.717) is 12.1 Å². The lowest BCUT2D eigenvalue weighted by molar-refractivity contribution is 0.0949. The Bertz CT molecular complexity index is 976. The SMILES string of the molecule is O=C(NCc1ccco1)c1cc(-c2ccsc2)nc2ccccc12. The van der Waals surface area contributed by atoms with Gasteiger partial charge in [-0.25, -0.2) is 4.98 Å². The summed E-state index contributed by atoms with van der Waals surface area (Å²) in [5.74, 6) is 0.584. The number of hydrogen-bond donors (Lipinski definition) is 1. The van der Waals surface area contributed by atoms with Crippen molar-refractivity contribution in [3.63, 3.8) is 0 Å². The van der Waals surface area contributed by atoms with Crippen LogP contribution in [0.1, 0.15) is 16.1 Å². The fourth-order valence-electron chi connectivity index (χ4n) is 2.60. The van der Waals surface area contributed by atoms with Crippen LogP contribution in [0.25, 0.3) is 22.2 Å². The minimum atomic E-state index is -0.138. The van der Waals surface area contributed by atoms with Gasteiger partial charge in [-0.3, -0.25) is 4.79 Å². The van der Waals surface area contributed by atoms with E-state index in [1.54, 1.807) is 23.7 Å². The molecule has 3 aromatic heterocycles. The Morgan fingerprint density at radius 1 is 1.17 bits per heavy atom. The monoisotopic (exact) mass is 334 g/mol. The average Bonchev–Trinajstić information content (AvgIpc) is 3.32. The van der Waals surface area contributed by atoms with Crippen molar-refractivity contribution < 1.29 is 9.21 Å². The van der Waals surface area contributed by atoms with Crippen LogP contribution in [0.2, 0.25) is 0 Å². The molecular weight excluding hydrogens is 320 g/mol. The van der Waals surface area contributed by atoms with E-state index in [0.717, 1.165) is 27.9 Å². The van der Waals surface area contributed by atoms with Crippen LogP contribution in [0.5, 0.6) is 0 Å². The number of carbonyl (C=O) groups is 1. The molecule has 0 unspecified atom stereocenters. The van der Waals surface area contributed by atoms with Crippen molar-refractivity contribution in [3.8, 4) is 11.3 Å². The minimum Gasteiger partial charge on any atom is -0.467 e. The first-order valence-corrected chi connectivity index (χ1v) is 8.48. The maximum atomic E-state index is 12.7. The summed E-state index contributed by atoms with van der Waals surface area (Å²) < 4.78 is 5.26. The molecule has 0 saturated heterocycles. The van der Waals surface area contributed by atoms with Crippen LogP contribution in [0.15, 0.2) is 70.0 Å². The Balaban J connectivity index is 1.73. The van der Waals surface area contributed by atoms with Gasteiger partial charge >= 0.3 is 0 Å². The molecule has 1 amide bonds. The summed E-state index contributed by atoms with van der Waals surface area (Å²) in [6.07, 6.45) is 1.60. The van der Waals surface area contributed by atoms with Crippen molar-refractivity contribution in [1.82, 2.24) is 10.3 Å². The largest absolute Gasteiger partial charge is 0.467 e. The first-order chi connectivity index (χ1) is 11.8. The summed E-state index contributed by atoms with van der Waals surface area (Å²) in [4.78, 5) is 17.4. The summed E-state index contributed by atoms with van der Waals surface area (Å²) in [5.41, 5.74) is 3.25. The summed E-state index contributed by atoms with van der Waals surface area (Å²) in [5, 5.41) is 7.78. The number of thiophene rings is 1. The van der Waals surface area contributed by atoms with Gasteiger partial charge in [-0.2, -0.15) is 11.3 Å². The molecule has 0 spiro atoms. The Labute approximate surface area is 142 Å². The zero-order chi connectivity index (χ0) is 16.4. The Morgan fingerprint density at radius 3 is 2.88 bits per heavy atom. The fraction of sp³-hybridized carbons (Fsp3) is 0.0526. The lowest BCUT2D eigenvalue weighted by Gasteiger charge is -2.09. The van der Waals surface area contributed by atoms with E-state index in [9.17, 15) is 4.79 Å². The molecular formula is C19H14N2O2S. The summed E-state index contributed by atoms with van der Waals surface area (Å²) in [6, 6.07) is 15.2. The number of fused-ring (bicyclic) bond motifs is 1. The lowest BCUT2D eigenvalue weighted by Crippen LogP contribution is -2.23. The highest BCUT2D eigenvalue weighted by Gasteiger charge is 2.14. The van der Waals surface area contributed by atoms with Gasteiger partial charge in [0.05, 0.1) is 29.6 Å². The molecule has 4 rings (SSSR count). The predicted molar refractivity (Wildman–Crippen MR) is 94.9 cm³/mol. The number of aromatic nitrogens is 1. The number of benzene rings is 1. The highest BCUT2D eigenvalue weighted by Crippen LogP contribution is 2.26. The van der Waals surface area contributed by atoms with Gasteiger partial charge in [0.25, 0.3) is 5.91 Å². The molecule has 5 heteroatoms. The minimum absolute atomic E-state index is 0.138. The molecule has 1 N–H and O–H groups in total. The summed E-state index contributed by atoms with van der Waals surface area (Å²) in [7, 11) is 0. The van der Waals surface area contributed by atoms with E-state index in [4.69, 9.17) is 4.42 Å². The number of para-hydroxylation sites is 1. The van der Waals surface area contributed by atoms with E-state index in [1.165, 1.54) is 0 Å². The Morgan fingerprint density at radius 2 is 2.08 bits per heavy atom. The highest BCUT2D eigenvalue weighted by atomic mass is 32.1. The van der Waals surface area contributed by atoms with Gasteiger partial charge in [-0.15, -0.1) is 0 Å². The number of rotatable bonds is 4. The molecule has 0 aliphatic carbocycles. The van der Waals surface area contributed by atoms with Gasteiger partial charge in [0, 0.05) is 16.3 Å². The Kier molecular flexibility index (Phi) is 3.84. The number of nitrogens with zero attached hydrogens (tertiary/aromatic N) is 1. The maximum absolute atomic E-state index is 12.7. The third-order valence-corrected chi connectivity index (χ3v) is 4.46. The highest BCUT2D eigenvalue weighted by molar-refractivity contribution is 7.08. The lowest BCUT2D eigenvalue weighted by atomic mass is 10.0. The quantitative estimate of drug-likeness (QED) is 0.598. The molecule has 0 radical (unpaired) electrons. The molecule has 1 aromatic carbocycles. The fourth-order valence-corrected chi connectivity index (χ4v) is 3.25. The van der Waals surface area contributed by atoms with Gasteiger partial charge < -0.3 is 9.73 Å². The van der Waals surface area contributed by atoms with Gasteiger partial charge in [-0.05, 0) is 35.7 Å². The van der Waals surface area contributed by atoms with Crippen molar-refractivity contribution in [2.75, 3.05) is 0 Å². The second-order valence-corrected chi connectivity index (χ2v) is 6.13. The van der Waals surface area contributed by atoms with E-state index >= 15 is 0 Å². The van der Waals surface area contributed by atoms with Crippen molar-refractivity contribution in [2.24, 2.45) is 0 Å². The van der Waals surface area contributed by atoms with Crippen molar-refractivity contribution in [2.45, 2.75) is 6.54 Å². The molecule has 0 saturated carbocycles. The molecule has 4 aromatic rings. The molecule has 0 aliphatic heterocycles. The molecule has 0 fully saturated rings. The molecule has 0 atom stereocenters. The first-order valence-electron chi connectivity index (χ1n) is 7.54. The summed E-state index contributed by atoms with van der Waals surface area (Å²) in [6.45, 7) is 0.357. The van der Waals surface area contributed by atoms with Crippen LogP contribution in [0, 0.1) is 0 Å². The van der Waals surface area contributed by atoms with E-state index < -0.39 is 0 Å². The summed E-state index contributed by atoms with van der Waals surface area (Å²) >= 11 is 1.61. The van der Waals surface area contributed by atoms with Crippen LogP contribution in [0.3, 0.4) is 0 Å². The van der Waals surface area contributed by atoms with Crippen molar-refractivity contribution >= 4 is 28.1 Å². The molecule has 3 heterocycles. The Hall–Kier alpha value is -2.92. The van der Waals surface area contributed by atoms with Crippen LogP contribution < -0.4 is 5.32 Å². The van der Waals surface area contributed by atoms with E-state index in [2.05, 4.69) is 10.3 Å². The van der Waals surface area contributed by atoms with Gasteiger partial charge in [0.1, 0.15) is 5.76 Å². The predicted octanol–water partition coefficient (Wildman–Crippen LogP) is 4.49. The topological polar surface area (TPSA) is 55.1 Å². The van der Waals surface area contributed by atoms with Crippen LogP contribution in [-0.2, 0) is 6.54 Å². The third kappa shape index (κ3) is 2.81. The van der Waals surface area contributed by atoms with Crippen LogP contribution in [-0.4, -0.2) is 10.9 Å². The normalized spacial score (nSPS) is 10.8. The second-order valence-electron chi connectivity index (χ2n) is 5.35. The maximum Gasteiger partial charge on any atom is 0.252 e. The zero-order valence-electron chi connectivity index (χ0n) is 12.7. The molecule has 4 nitrogen and oxygen atoms in total. The average molecular weight is 334 g/mol. The van der Waals surface area contributed by atoms with Crippen LogP contribution in [0.4, 0.5) is 0 Å². The molecule has 24 heavy (non-hydrogen) atoms. The zero-order valence-corrected chi connectivity index (χ0v) is 13.5. The van der Waals surface area contributed by atoms with Crippen LogP contribution >= 0.6 is 11.3 Å². The molecule has 0 bridgehead atoms. The van der Waals surface area contributed by atoms with E-state index in [-0.39, 0.29) is 5.91 Å². The number of pyridine rings is 1. The van der Waals surface area contributed by atoms with E-state index in [1.807, 2.05) is 53.2 Å². The number of nitrogens with one attached hydrogen (secondary N) is 1. The number of amides is 1. The van der Waals surface area contributed by atoms with Gasteiger partial charge in [-0.1, -0.05) is 18.2 Å². The standard InChI is InChI=1S/C19H14N2O2S/c22-19(20-11-14-4-3-8-23-14)16-10-18(13-7-9-24-12-13)21-17-6-2-1-5-15(16)17/h1-10,12H,11H2,(H,20,22). The molecule has 0 aliphatic rings. The smallest absolute Gasteiger partial charge is 0.252 e. The second kappa shape index (κ2) is 6.29. The molecule has 118 valence electrons. The van der Waals surface area contributed by atoms with Gasteiger partial charge in [0.15, 0.2) is 0 Å². The third-order valence-electron chi connectivity index (χ3n) is 3.78.